The quantitative estimate of drug-likeness (QED) is 0.166. The van der Waals surface area contributed by atoms with Crippen LogP contribution < -0.4 is 14.4 Å². The van der Waals surface area contributed by atoms with Gasteiger partial charge in [-0.25, -0.2) is 0 Å². The molecule has 0 saturated carbocycles. The SMILES string of the molecule is c1ccc(-c2cc(-c3ccccc3)cc(-c3ccc(N(c4ccc5c(c4)C4(c6ccccc6Oc6ccccc64)c4ccccc4-5)c4ccc5c(c4)C4(c6ccccc6Oc6ccccc64)c4ccccc4-5)cc3)c2)cc1. The van der Waals surface area contributed by atoms with Crippen LogP contribution in [0.5, 0.6) is 23.0 Å². The lowest BCUT2D eigenvalue weighted by atomic mass is 9.66. The van der Waals surface area contributed by atoms with Crippen LogP contribution in [0.1, 0.15) is 44.5 Å². The summed E-state index contributed by atoms with van der Waals surface area (Å²) in [6.45, 7) is 0. The fraction of sp³-hybridized carbons (Fsp3) is 0.0270. The molecule has 0 N–H and O–H groups in total. The van der Waals surface area contributed by atoms with Crippen LogP contribution in [0.15, 0.2) is 285 Å². The normalized spacial score (nSPS) is 13.9. The number of hydrogen-bond acceptors (Lipinski definition) is 3. The van der Waals surface area contributed by atoms with Crippen molar-refractivity contribution >= 4 is 17.1 Å². The fourth-order valence-electron chi connectivity index (χ4n) is 13.6. The number of anilines is 3. The van der Waals surface area contributed by atoms with Crippen LogP contribution in [0.2, 0.25) is 0 Å². The minimum absolute atomic E-state index is 0.637. The van der Waals surface area contributed by atoms with Crippen molar-refractivity contribution in [2.45, 2.75) is 10.8 Å². The minimum Gasteiger partial charge on any atom is -0.457 e. The Bertz CT molecular complexity index is 4000. The zero-order valence-electron chi connectivity index (χ0n) is 41.9. The van der Waals surface area contributed by atoms with E-state index in [0.717, 1.165) is 73.4 Å². The summed E-state index contributed by atoms with van der Waals surface area (Å²) in [4.78, 5) is 2.47. The molecule has 12 aromatic rings. The molecule has 3 nitrogen and oxygen atoms in total. The van der Waals surface area contributed by atoms with Crippen LogP contribution in [-0.4, -0.2) is 0 Å². The van der Waals surface area contributed by atoms with Gasteiger partial charge in [0.2, 0.25) is 0 Å². The third-order valence-electron chi connectivity index (χ3n) is 16.8. The molecule has 2 heterocycles. The Morgan fingerprint density at radius 3 is 0.896 bits per heavy atom. The van der Waals surface area contributed by atoms with Crippen molar-refractivity contribution in [1.29, 1.82) is 0 Å². The Kier molecular flexibility index (Phi) is 9.47. The summed E-state index contributed by atoms with van der Waals surface area (Å²) < 4.78 is 13.6. The van der Waals surface area contributed by atoms with E-state index in [1.807, 2.05) is 0 Å². The maximum atomic E-state index is 6.78. The molecule has 0 atom stereocenters. The van der Waals surface area contributed by atoms with E-state index in [9.17, 15) is 0 Å². The Labute approximate surface area is 448 Å². The van der Waals surface area contributed by atoms with Crippen molar-refractivity contribution in [2.75, 3.05) is 4.90 Å². The molecule has 360 valence electrons. The van der Waals surface area contributed by atoms with Crippen LogP contribution in [0, 0.1) is 0 Å². The highest BCUT2D eigenvalue weighted by Crippen LogP contribution is 2.65. The van der Waals surface area contributed by atoms with Crippen molar-refractivity contribution in [3.8, 4) is 78.6 Å². The van der Waals surface area contributed by atoms with E-state index in [0.29, 0.717) is 0 Å². The van der Waals surface area contributed by atoms with Crippen LogP contribution >= 0.6 is 0 Å². The molecule has 2 aliphatic carbocycles. The van der Waals surface area contributed by atoms with Crippen LogP contribution in [-0.2, 0) is 10.8 Å². The molecule has 16 rings (SSSR count). The molecule has 0 saturated heterocycles. The molecule has 2 aliphatic heterocycles. The van der Waals surface area contributed by atoms with E-state index in [1.165, 1.54) is 66.8 Å². The molecule has 0 aromatic heterocycles. The Morgan fingerprint density at radius 1 is 0.208 bits per heavy atom. The number of benzene rings is 12. The molecule has 3 heteroatoms. The van der Waals surface area contributed by atoms with Gasteiger partial charge in [0.05, 0.1) is 10.8 Å². The molecule has 2 spiro atoms. The van der Waals surface area contributed by atoms with Crippen molar-refractivity contribution in [1.82, 2.24) is 0 Å². The summed E-state index contributed by atoms with van der Waals surface area (Å²) in [5, 5.41) is 0. The smallest absolute Gasteiger partial charge is 0.132 e. The molecule has 0 bridgehead atoms. The van der Waals surface area contributed by atoms with E-state index in [1.54, 1.807) is 0 Å². The lowest BCUT2D eigenvalue weighted by Gasteiger charge is -2.40. The number of ether oxygens (including phenoxy) is 2. The first-order valence-electron chi connectivity index (χ1n) is 26.6. The summed E-state index contributed by atoms with van der Waals surface area (Å²) in [6.07, 6.45) is 0. The molecule has 12 aromatic carbocycles. The fourth-order valence-corrected chi connectivity index (χ4v) is 13.6. The molecular formula is C74H47NO2. The minimum atomic E-state index is -0.637. The number of rotatable bonds is 6. The molecule has 77 heavy (non-hydrogen) atoms. The van der Waals surface area contributed by atoms with E-state index in [4.69, 9.17) is 9.47 Å². The van der Waals surface area contributed by atoms with E-state index in [2.05, 4.69) is 290 Å². The third-order valence-corrected chi connectivity index (χ3v) is 16.8. The highest BCUT2D eigenvalue weighted by Gasteiger charge is 2.53. The summed E-state index contributed by atoms with van der Waals surface area (Å²) in [5.74, 6) is 3.50. The molecule has 0 unspecified atom stereocenters. The average molecular weight is 982 g/mol. The number of fused-ring (bicyclic) bond motifs is 18. The van der Waals surface area contributed by atoms with Gasteiger partial charge in [-0.15, -0.1) is 0 Å². The zero-order valence-corrected chi connectivity index (χ0v) is 41.9. The first-order valence-corrected chi connectivity index (χ1v) is 26.6. The van der Waals surface area contributed by atoms with Gasteiger partial charge in [-0.05, 0) is 157 Å². The van der Waals surface area contributed by atoms with Crippen molar-refractivity contribution < 1.29 is 9.47 Å². The van der Waals surface area contributed by atoms with Gasteiger partial charge >= 0.3 is 0 Å². The monoisotopic (exact) mass is 981 g/mol. The predicted octanol–water partition coefficient (Wildman–Crippen LogP) is 19.1. The van der Waals surface area contributed by atoms with Gasteiger partial charge in [0.1, 0.15) is 23.0 Å². The standard InChI is InChI=1S/C74H47NO2/c1-3-19-48(20-4-1)51-43-52(49-21-5-2-6-22-49)45-53(44-51)50-35-37-54(38-36-50)75(55-39-41-59-57-23-7-9-25-61(57)73(67(59)46-55)63-27-11-15-31-69(63)76-70-32-16-12-28-64(70)73)56-40-42-60-58-24-8-10-26-62(58)74(68(60)47-56)65-29-13-17-33-71(65)77-72-34-18-14-30-66(72)74/h1-47H. The second-order valence-electron chi connectivity index (χ2n) is 20.7. The summed E-state index contributed by atoms with van der Waals surface area (Å²) >= 11 is 0. The summed E-state index contributed by atoms with van der Waals surface area (Å²) in [5.41, 5.74) is 23.4. The van der Waals surface area contributed by atoms with Gasteiger partial charge in [0.15, 0.2) is 0 Å². The largest absolute Gasteiger partial charge is 0.457 e. The van der Waals surface area contributed by atoms with Gasteiger partial charge < -0.3 is 14.4 Å². The van der Waals surface area contributed by atoms with E-state index < -0.39 is 10.8 Å². The highest BCUT2D eigenvalue weighted by molar-refractivity contribution is 5.94. The Balaban J connectivity index is 0.936. The first-order chi connectivity index (χ1) is 38.2. The second kappa shape index (κ2) is 16.8. The van der Waals surface area contributed by atoms with Gasteiger partial charge in [0.25, 0.3) is 0 Å². The van der Waals surface area contributed by atoms with Gasteiger partial charge in [-0.1, -0.05) is 206 Å². The maximum Gasteiger partial charge on any atom is 0.132 e. The van der Waals surface area contributed by atoms with Crippen molar-refractivity contribution in [2.24, 2.45) is 0 Å². The maximum absolute atomic E-state index is 6.78. The molecule has 0 fully saturated rings. The van der Waals surface area contributed by atoms with Gasteiger partial charge in [-0.2, -0.15) is 0 Å². The second-order valence-corrected chi connectivity index (χ2v) is 20.7. The number of hydrogen-bond donors (Lipinski definition) is 0. The van der Waals surface area contributed by atoms with Gasteiger partial charge in [0, 0.05) is 39.3 Å². The lowest BCUT2D eigenvalue weighted by molar-refractivity contribution is 0.436. The Morgan fingerprint density at radius 2 is 0.506 bits per heavy atom. The van der Waals surface area contributed by atoms with E-state index in [-0.39, 0.29) is 0 Å². The van der Waals surface area contributed by atoms with E-state index >= 15 is 0 Å². The summed E-state index contributed by atoms with van der Waals surface area (Å²) in [6, 6.07) is 104. The van der Waals surface area contributed by atoms with Crippen LogP contribution in [0.25, 0.3) is 55.6 Å². The molecule has 4 aliphatic rings. The predicted molar refractivity (Wildman–Crippen MR) is 312 cm³/mol. The topological polar surface area (TPSA) is 21.7 Å². The van der Waals surface area contributed by atoms with Crippen LogP contribution in [0.3, 0.4) is 0 Å². The summed E-state index contributed by atoms with van der Waals surface area (Å²) in [7, 11) is 0. The molecular weight excluding hydrogens is 935 g/mol. The van der Waals surface area contributed by atoms with Crippen LogP contribution in [0.4, 0.5) is 17.1 Å². The number of para-hydroxylation sites is 4. The van der Waals surface area contributed by atoms with Crippen molar-refractivity contribution in [3.63, 3.8) is 0 Å². The Hall–Kier alpha value is -9.96. The highest BCUT2D eigenvalue weighted by atomic mass is 16.5. The molecule has 0 amide bonds. The van der Waals surface area contributed by atoms with Gasteiger partial charge in [-0.3, -0.25) is 0 Å². The zero-order chi connectivity index (χ0) is 50.7. The van der Waals surface area contributed by atoms with Crippen molar-refractivity contribution in [3.05, 3.63) is 330 Å². The lowest BCUT2D eigenvalue weighted by Crippen LogP contribution is -2.32. The molecule has 0 radical (unpaired) electrons. The number of nitrogens with zero attached hydrogens (tertiary/aromatic N) is 1. The average Bonchev–Trinajstić information content (AvgIpc) is 4.18. The first kappa shape index (κ1) is 43.4. The third kappa shape index (κ3) is 6.26.